The van der Waals surface area contributed by atoms with Crippen LogP contribution in [-0.4, -0.2) is 78.7 Å². The number of hydrogen-bond acceptors (Lipinski definition) is 6. The van der Waals surface area contributed by atoms with Crippen LogP contribution < -0.4 is 16.0 Å². The van der Waals surface area contributed by atoms with Crippen molar-refractivity contribution in [3.63, 3.8) is 0 Å². The van der Waals surface area contributed by atoms with Gasteiger partial charge in [0.25, 0.3) is 0 Å². The van der Waals surface area contributed by atoms with Gasteiger partial charge in [0.1, 0.15) is 0 Å². The zero-order chi connectivity index (χ0) is 30.3. The normalized spacial score (nSPS) is 16.5. The number of piperazine rings is 1. The molecule has 6 rings (SSSR count). The molecule has 1 atom stereocenters. The van der Waals surface area contributed by atoms with Crippen molar-refractivity contribution in [2.24, 2.45) is 0 Å². The zero-order valence-electron chi connectivity index (χ0n) is 25.2. The number of nitrogens with one attached hydrogen (secondary N) is 3. The Labute approximate surface area is 264 Å². The second-order valence-electron chi connectivity index (χ2n) is 11.7. The standard InChI is InChI=1S/C35H40ClN7O/c1-42-18-20-43(21-19-42)17-5-15-37-34-39-24-27-23-32(30-8-2-3-9-31(30)33(27)41-34)26-10-12-29(13-11-26)40-35(44)38-16-14-25-6-4-7-28(36)22-25/h2-4,6-13,22,24,32H,5,14-21,23H2,1H3,(H,37,39,41)(H2,38,40,44). The predicted molar refractivity (Wildman–Crippen MR) is 179 cm³/mol. The van der Waals surface area contributed by atoms with Crippen LogP contribution in [0.2, 0.25) is 5.02 Å². The van der Waals surface area contributed by atoms with E-state index in [0.29, 0.717) is 23.9 Å². The average molecular weight is 610 g/mol. The Morgan fingerprint density at radius 3 is 2.61 bits per heavy atom. The summed E-state index contributed by atoms with van der Waals surface area (Å²) in [7, 11) is 2.19. The van der Waals surface area contributed by atoms with E-state index in [9.17, 15) is 4.79 Å². The maximum atomic E-state index is 12.5. The highest BCUT2D eigenvalue weighted by Gasteiger charge is 2.27. The SMILES string of the molecule is CN1CCN(CCCNc2ncc3c(n2)-c2ccccc2C(c2ccc(NC(=O)NCCc4cccc(Cl)c4)cc2)C3)CC1. The van der Waals surface area contributed by atoms with Gasteiger partial charge in [0.2, 0.25) is 5.95 Å². The third kappa shape index (κ3) is 7.56. The van der Waals surface area contributed by atoms with Crippen molar-refractivity contribution in [3.05, 3.63) is 106 Å². The molecule has 1 aromatic heterocycles. The summed E-state index contributed by atoms with van der Waals surface area (Å²) in [4.78, 5) is 27.0. The molecular weight excluding hydrogens is 570 g/mol. The number of anilines is 2. The number of nitrogens with zero attached hydrogens (tertiary/aromatic N) is 4. The third-order valence-electron chi connectivity index (χ3n) is 8.57. The van der Waals surface area contributed by atoms with Crippen molar-refractivity contribution in [1.29, 1.82) is 0 Å². The van der Waals surface area contributed by atoms with E-state index in [4.69, 9.17) is 16.6 Å². The van der Waals surface area contributed by atoms with Gasteiger partial charge in [-0.1, -0.05) is 60.1 Å². The van der Waals surface area contributed by atoms with Gasteiger partial charge in [-0.05, 0) is 79.4 Å². The van der Waals surface area contributed by atoms with Crippen LogP contribution in [0.15, 0.2) is 79.0 Å². The molecule has 1 aliphatic carbocycles. The first kappa shape index (κ1) is 30.1. The van der Waals surface area contributed by atoms with Gasteiger partial charge in [-0.15, -0.1) is 0 Å². The molecule has 1 unspecified atom stereocenters. The maximum absolute atomic E-state index is 12.5. The van der Waals surface area contributed by atoms with Crippen LogP contribution in [0.5, 0.6) is 0 Å². The fraction of sp³-hybridized carbons (Fsp3) is 0.343. The molecule has 1 aliphatic heterocycles. The number of fused-ring (bicyclic) bond motifs is 3. The van der Waals surface area contributed by atoms with Crippen LogP contribution in [0, 0.1) is 0 Å². The van der Waals surface area contributed by atoms with E-state index in [1.54, 1.807) is 0 Å². The smallest absolute Gasteiger partial charge is 0.319 e. The minimum Gasteiger partial charge on any atom is -0.354 e. The van der Waals surface area contributed by atoms with E-state index in [-0.39, 0.29) is 11.9 Å². The van der Waals surface area contributed by atoms with Crippen molar-refractivity contribution < 1.29 is 4.79 Å². The minimum atomic E-state index is -0.224. The zero-order valence-corrected chi connectivity index (χ0v) is 26.0. The van der Waals surface area contributed by atoms with Crippen LogP contribution in [0.25, 0.3) is 11.3 Å². The molecule has 1 fully saturated rings. The molecule has 3 N–H and O–H groups in total. The topological polar surface area (TPSA) is 85.4 Å². The molecule has 9 heteroatoms. The number of rotatable bonds is 10. The summed E-state index contributed by atoms with van der Waals surface area (Å²) in [6, 6.07) is 24.1. The van der Waals surface area contributed by atoms with Crippen LogP contribution >= 0.6 is 11.6 Å². The van der Waals surface area contributed by atoms with Gasteiger partial charge in [-0.25, -0.2) is 14.8 Å². The molecule has 0 saturated carbocycles. The van der Waals surface area contributed by atoms with Crippen LogP contribution in [0.3, 0.4) is 0 Å². The van der Waals surface area contributed by atoms with Gasteiger partial charge in [0.05, 0.1) is 5.69 Å². The Bertz CT molecular complexity index is 1570. The van der Waals surface area contributed by atoms with E-state index in [0.717, 1.165) is 80.2 Å². The lowest BCUT2D eigenvalue weighted by atomic mass is 9.78. The largest absolute Gasteiger partial charge is 0.354 e. The molecule has 3 aromatic carbocycles. The number of urea groups is 1. The summed E-state index contributed by atoms with van der Waals surface area (Å²) < 4.78 is 0. The van der Waals surface area contributed by atoms with Gasteiger partial charge in [0, 0.05) is 67.7 Å². The Balaban J connectivity index is 1.05. The molecule has 44 heavy (non-hydrogen) atoms. The Hall–Kier alpha value is -3.98. The van der Waals surface area contributed by atoms with Crippen LogP contribution in [-0.2, 0) is 12.8 Å². The van der Waals surface area contributed by atoms with Crippen LogP contribution in [0.4, 0.5) is 16.4 Å². The number of amides is 2. The summed E-state index contributed by atoms with van der Waals surface area (Å²) in [5.74, 6) is 0.877. The summed E-state index contributed by atoms with van der Waals surface area (Å²) in [5, 5.41) is 10.0. The highest BCUT2D eigenvalue weighted by atomic mass is 35.5. The molecule has 2 heterocycles. The maximum Gasteiger partial charge on any atom is 0.319 e. The number of carbonyl (C=O) groups is 1. The lowest BCUT2D eigenvalue weighted by molar-refractivity contribution is 0.154. The fourth-order valence-corrected chi connectivity index (χ4v) is 6.29. The first-order chi connectivity index (χ1) is 21.5. The Morgan fingerprint density at radius 2 is 1.80 bits per heavy atom. The third-order valence-corrected chi connectivity index (χ3v) is 8.80. The highest BCUT2D eigenvalue weighted by Crippen LogP contribution is 2.42. The first-order valence-corrected chi connectivity index (χ1v) is 15.9. The Kier molecular flexibility index (Phi) is 9.70. The quantitative estimate of drug-likeness (QED) is 0.194. The lowest BCUT2D eigenvalue weighted by Gasteiger charge is -2.32. The summed E-state index contributed by atoms with van der Waals surface area (Å²) in [6.45, 7) is 7.06. The van der Waals surface area contributed by atoms with Gasteiger partial charge >= 0.3 is 6.03 Å². The van der Waals surface area contributed by atoms with E-state index < -0.39 is 0 Å². The number of halogens is 1. The minimum absolute atomic E-state index is 0.185. The van der Waals surface area contributed by atoms with Crippen molar-refractivity contribution in [2.45, 2.75) is 25.2 Å². The van der Waals surface area contributed by atoms with E-state index in [1.807, 2.05) is 42.6 Å². The predicted octanol–water partition coefficient (Wildman–Crippen LogP) is 5.90. The van der Waals surface area contributed by atoms with E-state index in [2.05, 4.69) is 74.2 Å². The molecule has 8 nitrogen and oxygen atoms in total. The molecule has 0 radical (unpaired) electrons. The monoisotopic (exact) mass is 609 g/mol. The van der Waals surface area contributed by atoms with Crippen molar-refractivity contribution in [1.82, 2.24) is 25.1 Å². The molecule has 228 valence electrons. The van der Waals surface area contributed by atoms with Gasteiger partial charge in [0.15, 0.2) is 0 Å². The van der Waals surface area contributed by atoms with Gasteiger partial charge in [-0.2, -0.15) is 0 Å². The van der Waals surface area contributed by atoms with Crippen molar-refractivity contribution in [2.75, 3.05) is 63.5 Å². The summed E-state index contributed by atoms with van der Waals surface area (Å²) >= 11 is 6.06. The van der Waals surface area contributed by atoms with E-state index in [1.165, 1.54) is 11.1 Å². The lowest BCUT2D eigenvalue weighted by Crippen LogP contribution is -2.44. The molecule has 0 spiro atoms. The molecule has 0 bridgehead atoms. The summed E-state index contributed by atoms with van der Waals surface area (Å²) in [6.07, 6.45) is 4.59. The summed E-state index contributed by atoms with van der Waals surface area (Å²) in [5.41, 5.74) is 7.62. The average Bonchev–Trinajstić information content (AvgIpc) is 3.04. The van der Waals surface area contributed by atoms with E-state index >= 15 is 0 Å². The molecule has 2 amide bonds. The number of aromatic nitrogens is 2. The fourth-order valence-electron chi connectivity index (χ4n) is 6.08. The first-order valence-electron chi connectivity index (χ1n) is 15.5. The highest BCUT2D eigenvalue weighted by molar-refractivity contribution is 6.30. The number of hydrogen-bond donors (Lipinski definition) is 3. The number of likely N-dealkylation sites (N-methyl/N-ethyl adjacent to an activating group) is 1. The number of benzene rings is 3. The van der Waals surface area contributed by atoms with Gasteiger partial charge in [-0.3, -0.25) is 0 Å². The molecule has 1 saturated heterocycles. The second-order valence-corrected chi connectivity index (χ2v) is 12.2. The van der Waals surface area contributed by atoms with Crippen molar-refractivity contribution in [3.8, 4) is 11.3 Å². The van der Waals surface area contributed by atoms with Crippen LogP contribution in [0.1, 0.15) is 34.6 Å². The van der Waals surface area contributed by atoms with Crippen molar-refractivity contribution >= 4 is 29.3 Å². The molecule has 4 aromatic rings. The molecule has 2 aliphatic rings. The molecular formula is C35H40ClN7O. The number of carbonyl (C=O) groups excluding carboxylic acids is 1. The van der Waals surface area contributed by atoms with Gasteiger partial charge < -0.3 is 25.8 Å². The Morgan fingerprint density at radius 1 is 0.977 bits per heavy atom. The second kappa shape index (κ2) is 14.2.